The highest BCUT2D eigenvalue weighted by molar-refractivity contribution is 4.93. The smallest absolute Gasteiger partial charge is 0.0688 e. The maximum atomic E-state index is 10.1. The predicted octanol–water partition coefficient (Wildman–Crippen LogP) is 1.27. The van der Waals surface area contributed by atoms with E-state index in [0.29, 0.717) is 5.92 Å². The number of hydrogen-bond acceptors (Lipinski definition) is 2. The quantitative estimate of drug-likeness (QED) is 0.634. The first kappa shape index (κ1) is 9.01. The third kappa shape index (κ3) is 1.74. The maximum absolute atomic E-state index is 10.1. The summed E-state index contributed by atoms with van der Waals surface area (Å²) in [6.07, 6.45) is 3.72. The molecule has 2 heteroatoms. The lowest BCUT2D eigenvalue weighted by atomic mass is 9.85. The summed E-state index contributed by atoms with van der Waals surface area (Å²) in [5.74, 6) is 0.399. The van der Waals surface area contributed by atoms with Gasteiger partial charge in [-0.05, 0) is 25.2 Å². The molecule has 0 aliphatic heterocycles. The van der Waals surface area contributed by atoms with Gasteiger partial charge in [0.05, 0.1) is 5.60 Å². The van der Waals surface area contributed by atoms with Gasteiger partial charge in [0.25, 0.3) is 0 Å². The monoisotopic (exact) mass is 157 g/mol. The topological polar surface area (TPSA) is 46.2 Å². The summed E-state index contributed by atoms with van der Waals surface area (Å²) in [6.45, 7) is 4.23. The van der Waals surface area contributed by atoms with Gasteiger partial charge in [-0.1, -0.05) is 20.3 Å². The number of rotatable bonds is 2. The first-order chi connectivity index (χ1) is 5.08. The molecule has 11 heavy (non-hydrogen) atoms. The third-order valence-corrected chi connectivity index (χ3v) is 3.09. The second-order valence-corrected chi connectivity index (χ2v) is 3.92. The molecule has 0 saturated heterocycles. The lowest BCUT2D eigenvalue weighted by Gasteiger charge is -2.29. The molecule has 0 aromatic carbocycles. The van der Waals surface area contributed by atoms with Gasteiger partial charge in [0.15, 0.2) is 0 Å². The Morgan fingerprint density at radius 3 is 2.73 bits per heavy atom. The number of aliphatic hydroxyl groups is 1. The number of nitrogens with two attached hydrogens (primary N) is 1. The van der Waals surface area contributed by atoms with Gasteiger partial charge in [0, 0.05) is 6.04 Å². The Morgan fingerprint density at radius 2 is 2.36 bits per heavy atom. The zero-order valence-corrected chi connectivity index (χ0v) is 7.51. The minimum Gasteiger partial charge on any atom is -0.390 e. The Bertz CT molecular complexity index is 138. The summed E-state index contributed by atoms with van der Waals surface area (Å²) in [4.78, 5) is 0. The van der Waals surface area contributed by atoms with Crippen LogP contribution in [-0.2, 0) is 0 Å². The van der Waals surface area contributed by atoms with E-state index in [0.717, 1.165) is 25.7 Å². The van der Waals surface area contributed by atoms with Crippen molar-refractivity contribution in [3.63, 3.8) is 0 Å². The second kappa shape index (κ2) is 3.11. The number of hydrogen-bond donors (Lipinski definition) is 2. The fourth-order valence-corrected chi connectivity index (χ4v) is 1.92. The van der Waals surface area contributed by atoms with Crippen molar-refractivity contribution in [2.45, 2.75) is 51.2 Å². The van der Waals surface area contributed by atoms with E-state index in [9.17, 15) is 5.11 Å². The SMILES string of the molecule is CCC(C)C1(O)CCC(N)C1. The molecule has 0 aromatic heterocycles. The zero-order chi connectivity index (χ0) is 8.48. The molecule has 0 radical (unpaired) electrons. The Kier molecular flexibility index (Phi) is 2.55. The predicted molar refractivity (Wildman–Crippen MR) is 46.2 cm³/mol. The molecule has 0 amide bonds. The largest absolute Gasteiger partial charge is 0.390 e. The average Bonchev–Trinajstić information content (AvgIpc) is 2.31. The molecule has 3 atom stereocenters. The summed E-state index contributed by atoms with van der Waals surface area (Å²) in [5, 5.41) is 10.1. The summed E-state index contributed by atoms with van der Waals surface area (Å²) in [5.41, 5.74) is 5.29. The second-order valence-electron chi connectivity index (χ2n) is 3.92. The normalized spacial score (nSPS) is 40.9. The van der Waals surface area contributed by atoms with Crippen molar-refractivity contribution < 1.29 is 5.11 Å². The summed E-state index contributed by atoms with van der Waals surface area (Å²) in [7, 11) is 0. The van der Waals surface area contributed by atoms with Crippen LogP contribution >= 0.6 is 0 Å². The van der Waals surface area contributed by atoms with E-state index in [1.165, 1.54) is 0 Å². The molecule has 3 N–H and O–H groups in total. The molecule has 1 rings (SSSR count). The Labute approximate surface area is 68.8 Å². The van der Waals surface area contributed by atoms with Crippen LogP contribution in [0.3, 0.4) is 0 Å². The van der Waals surface area contributed by atoms with Gasteiger partial charge >= 0.3 is 0 Å². The zero-order valence-electron chi connectivity index (χ0n) is 7.51. The first-order valence-corrected chi connectivity index (χ1v) is 4.56. The van der Waals surface area contributed by atoms with Gasteiger partial charge in [-0.2, -0.15) is 0 Å². The van der Waals surface area contributed by atoms with E-state index in [4.69, 9.17) is 5.73 Å². The van der Waals surface area contributed by atoms with Crippen LogP contribution in [-0.4, -0.2) is 16.7 Å². The van der Waals surface area contributed by atoms with Gasteiger partial charge in [-0.15, -0.1) is 0 Å². The van der Waals surface area contributed by atoms with Crippen molar-refractivity contribution >= 4 is 0 Å². The molecule has 0 aromatic rings. The van der Waals surface area contributed by atoms with E-state index in [1.807, 2.05) is 0 Å². The van der Waals surface area contributed by atoms with Gasteiger partial charge in [0.2, 0.25) is 0 Å². The molecular weight excluding hydrogens is 138 g/mol. The van der Waals surface area contributed by atoms with Crippen LogP contribution in [0.1, 0.15) is 39.5 Å². The Hall–Kier alpha value is -0.0800. The fraction of sp³-hybridized carbons (Fsp3) is 1.00. The van der Waals surface area contributed by atoms with Gasteiger partial charge in [-0.3, -0.25) is 0 Å². The maximum Gasteiger partial charge on any atom is 0.0688 e. The molecule has 1 fully saturated rings. The lowest BCUT2D eigenvalue weighted by molar-refractivity contribution is -0.00758. The molecule has 66 valence electrons. The van der Waals surface area contributed by atoms with Crippen molar-refractivity contribution in [1.82, 2.24) is 0 Å². The molecule has 1 saturated carbocycles. The van der Waals surface area contributed by atoms with Crippen LogP contribution in [0.2, 0.25) is 0 Å². The van der Waals surface area contributed by atoms with Crippen LogP contribution < -0.4 is 5.73 Å². The molecule has 0 spiro atoms. The third-order valence-electron chi connectivity index (χ3n) is 3.09. The van der Waals surface area contributed by atoms with Crippen LogP contribution in [0.5, 0.6) is 0 Å². The molecule has 0 bridgehead atoms. The minimum absolute atomic E-state index is 0.231. The van der Waals surface area contributed by atoms with Crippen LogP contribution in [0.25, 0.3) is 0 Å². The van der Waals surface area contributed by atoms with E-state index in [2.05, 4.69) is 13.8 Å². The van der Waals surface area contributed by atoms with Crippen molar-refractivity contribution in [2.24, 2.45) is 11.7 Å². The molecule has 2 nitrogen and oxygen atoms in total. The summed E-state index contributed by atoms with van der Waals surface area (Å²) in [6, 6.07) is 0.231. The van der Waals surface area contributed by atoms with Crippen LogP contribution in [0.15, 0.2) is 0 Å². The van der Waals surface area contributed by atoms with Crippen LogP contribution in [0.4, 0.5) is 0 Å². The van der Waals surface area contributed by atoms with Crippen molar-refractivity contribution in [1.29, 1.82) is 0 Å². The molecule has 1 aliphatic carbocycles. The van der Waals surface area contributed by atoms with Gasteiger partial charge in [-0.25, -0.2) is 0 Å². The average molecular weight is 157 g/mol. The standard InChI is InChI=1S/C9H19NO/c1-3-7(2)9(11)5-4-8(10)6-9/h7-8,11H,3-6,10H2,1-2H3. The van der Waals surface area contributed by atoms with E-state index in [-0.39, 0.29) is 6.04 Å². The van der Waals surface area contributed by atoms with E-state index < -0.39 is 5.60 Å². The molecule has 0 heterocycles. The van der Waals surface area contributed by atoms with Gasteiger partial charge in [0.1, 0.15) is 0 Å². The fourth-order valence-electron chi connectivity index (χ4n) is 1.92. The highest BCUT2D eigenvalue weighted by Crippen LogP contribution is 2.36. The highest BCUT2D eigenvalue weighted by atomic mass is 16.3. The molecular formula is C9H19NO. The van der Waals surface area contributed by atoms with E-state index >= 15 is 0 Å². The lowest BCUT2D eigenvalue weighted by Crippen LogP contribution is -2.34. The molecule has 1 aliphatic rings. The van der Waals surface area contributed by atoms with Crippen molar-refractivity contribution in [2.75, 3.05) is 0 Å². The van der Waals surface area contributed by atoms with Crippen molar-refractivity contribution in [3.05, 3.63) is 0 Å². The Balaban J connectivity index is 2.54. The van der Waals surface area contributed by atoms with Gasteiger partial charge < -0.3 is 10.8 Å². The highest BCUT2D eigenvalue weighted by Gasteiger charge is 2.39. The van der Waals surface area contributed by atoms with E-state index in [1.54, 1.807) is 0 Å². The van der Waals surface area contributed by atoms with Crippen LogP contribution in [0, 0.1) is 5.92 Å². The first-order valence-electron chi connectivity index (χ1n) is 4.56. The summed E-state index contributed by atoms with van der Waals surface area (Å²) >= 11 is 0. The minimum atomic E-state index is -0.450. The van der Waals surface area contributed by atoms with Crippen molar-refractivity contribution in [3.8, 4) is 0 Å². The Morgan fingerprint density at radius 1 is 1.73 bits per heavy atom. The molecule has 3 unspecified atom stereocenters. The summed E-state index contributed by atoms with van der Waals surface area (Å²) < 4.78 is 0.